The number of hydrogen-bond donors (Lipinski definition) is 0. The third kappa shape index (κ3) is 3.75. The Bertz CT molecular complexity index is 1030. The van der Waals surface area contributed by atoms with Gasteiger partial charge in [-0.3, -0.25) is 14.6 Å². The number of aromatic nitrogens is 1. The Labute approximate surface area is 178 Å². The molecule has 156 valence electrons. The average molecular weight is 403 g/mol. The first-order valence-corrected chi connectivity index (χ1v) is 11.0. The van der Waals surface area contributed by atoms with Crippen LogP contribution >= 0.6 is 0 Å². The fourth-order valence-electron chi connectivity index (χ4n) is 4.94. The van der Waals surface area contributed by atoms with Gasteiger partial charge in [0.25, 0.3) is 0 Å². The van der Waals surface area contributed by atoms with Gasteiger partial charge in [-0.1, -0.05) is 42.5 Å². The Morgan fingerprint density at radius 2 is 1.70 bits per heavy atom. The zero-order valence-corrected chi connectivity index (χ0v) is 17.7. The zero-order valence-electron chi connectivity index (χ0n) is 17.7. The van der Waals surface area contributed by atoms with Crippen LogP contribution in [0.1, 0.15) is 24.2 Å². The highest BCUT2D eigenvalue weighted by atomic mass is 16.2. The van der Waals surface area contributed by atoms with E-state index in [1.165, 1.54) is 22.0 Å². The van der Waals surface area contributed by atoms with Crippen LogP contribution in [0.5, 0.6) is 0 Å². The summed E-state index contributed by atoms with van der Waals surface area (Å²) < 4.78 is 2.30. The molecule has 0 radical (unpaired) electrons. The fraction of sp³-hybridized carbons (Fsp3) is 0.400. The number of benzene rings is 2. The lowest BCUT2D eigenvalue weighted by Crippen LogP contribution is -2.51. The monoisotopic (exact) mass is 402 g/mol. The number of rotatable bonds is 4. The molecule has 5 rings (SSSR count). The summed E-state index contributed by atoms with van der Waals surface area (Å²) in [6.07, 6.45) is 2.14. The number of piperazine rings is 1. The predicted molar refractivity (Wildman–Crippen MR) is 120 cm³/mol. The summed E-state index contributed by atoms with van der Waals surface area (Å²) in [5.74, 6) is 0.270. The van der Waals surface area contributed by atoms with Gasteiger partial charge >= 0.3 is 0 Å². The molecule has 2 aromatic carbocycles. The molecule has 3 heterocycles. The van der Waals surface area contributed by atoms with E-state index in [1.54, 1.807) is 0 Å². The molecule has 0 saturated carbocycles. The lowest BCUT2D eigenvalue weighted by atomic mass is 10.0. The molecule has 3 aromatic rings. The highest BCUT2D eigenvalue weighted by molar-refractivity contribution is 5.85. The predicted octanol–water partition coefficient (Wildman–Crippen LogP) is 3.36. The molecule has 1 fully saturated rings. The first-order chi connectivity index (χ1) is 14.7. The van der Waals surface area contributed by atoms with Crippen molar-refractivity contribution in [2.45, 2.75) is 26.1 Å². The van der Waals surface area contributed by atoms with Gasteiger partial charge in [-0.05, 0) is 35.4 Å². The van der Waals surface area contributed by atoms with Crippen LogP contribution in [0.25, 0.3) is 10.8 Å². The maximum absolute atomic E-state index is 13.0. The minimum absolute atomic E-state index is 0.270. The van der Waals surface area contributed by atoms with Crippen LogP contribution in [0, 0.1) is 0 Å². The first-order valence-electron chi connectivity index (χ1n) is 11.0. The first kappa shape index (κ1) is 19.3. The molecule has 1 aromatic heterocycles. The summed E-state index contributed by atoms with van der Waals surface area (Å²) >= 11 is 0. The molecule has 1 atom stereocenters. The highest BCUT2D eigenvalue weighted by Gasteiger charge is 2.28. The Balaban J connectivity index is 1.17. The van der Waals surface area contributed by atoms with E-state index in [9.17, 15) is 4.79 Å². The van der Waals surface area contributed by atoms with Crippen molar-refractivity contribution in [3.63, 3.8) is 0 Å². The van der Waals surface area contributed by atoms with Gasteiger partial charge < -0.3 is 9.47 Å². The smallest absolute Gasteiger partial charge is 0.236 e. The van der Waals surface area contributed by atoms with E-state index >= 15 is 0 Å². The van der Waals surface area contributed by atoms with Crippen molar-refractivity contribution in [3.05, 3.63) is 72.1 Å². The van der Waals surface area contributed by atoms with Crippen LogP contribution in [0.2, 0.25) is 0 Å². The van der Waals surface area contributed by atoms with Gasteiger partial charge in [0.05, 0.1) is 6.54 Å². The summed E-state index contributed by atoms with van der Waals surface area (Å²) in [5, 5.41) is 2.63. The van der Waals surface area contributed by atoms with E-state index < -0.39 is 0 Å². The van der Waals surface area contributed by atoms with E-state index in [0.29, 0.717) is 12.6 Å². The zero-order chi connectivity index (χ0) is 20.5. The van der Waals surface area contributed by atoms with Gasteiger partial charge in [0.1, 0.15) is 0 Å². The SMILES string of the molecule is CC1c2cccn2CCN1CC(=O)N1CCN(Cc2cccc3ccccc23)CC1. The average Bonchev–Trinajstić information content (AvgIpc) is 3.26. The summed E-state index contributed by atoms with van der Waals surface area (Å²) in [7, 11) is 0. The van der Waals surface area contributed by atoms with Gasteiger partial charge in [0.15, 0.2) is 0 Å². The Hall–Kier alpha value is -2.63. The number of amides is 1. The van der Waals surface area contributed by atoms with E-state index in [4.69, 9.17) is 0 Å². The number of carbonyl (C=O) groups excluding carboxylic acids is 1. The number of nitrogens with zero attached hydrogens (tertiary/aromatic N) is 4. The Morgan fingerprint density at radius 3 is 2.57 bits per heavy atom. The summed E-state index contributed by atoms with van der Waals surface area (Å²) in [4.78, 5) is 19.8. The van der Waals surface area contributed by atoms with Crippen LogP contribution in [-0.2, 0) is 17.9 Å². The van der Waals surface area contributed by atoms with Crippen molar-refractivity contribution in [2.75, 3.05) is 39.3 Å². The molecule has 1 unspecified atom stereocenters. The number of fused-ring (bicyclic) bond motifs is 2. The molecule has 1 saturated heterocycles. The minimum atomic E-state index is 0.270. The maximum atomic E-state index is 13.0. The second-order valence-corrected chi connectivity index (χ2v) is 8.57. The van der Waals surface area contributed by atoms with Crippen molar-refractivity contribution in [3.8, 4) is 0 Å². The second kappa shape index (κ2) is 8.25. The molecule has 2 aliphatic rings. The molecular formula is C25H30N4O. The van der Waals surface area contributed by atoms with Gasteiger partial charge in [0.2, 0.25) is 5.91 Å². The van der Waals surface area contributed by atoms with Crippen molar-refractivity contribution < 1.29 is 4.79 Å². The van der Waals surface area contributed by atoms with Gasteiger partial charge in [0, 0.05) is 63.7 Å². The largest absolute Gasteiger partial charge is 0.349 e. The van der Waals surface area contributed by atoms with E-state index in [2.05, 4.69) is 87.0 Å². The normalized spacial score (nSPS) is 20.4. The third-order valence-electron chi connectivity index (χ3n) is 6.81. The van der Waals surface area contributed by atoms with Crippen molar-refractivity contribution in [1.82, 2.24) is 19.3 Å². The van der Waals surface area contributed by atoms with Crippen molar-refractivity contribution in [1.29, 1.82) is 0 Å². The second-order valence-electron chi connectivity index (χ2n) is 8.57. The molecule has 0 N–H and O–H groups in total. The fourth-order valence-corrected chi connectivity index (χ4v) is 4.94. The molecule has 0 aliphatic carbocycles. The quantitative estimate of drug-likeness (QED) is 0.671. The van der Waals surface area contributed by atoms with Crippen LogP contribution in [0.4, 0.5) is 0 Å². The molecule has 0 spiro atoms. The van der Waals surface area contributed by atoms with Gasteiger partial charge in [-0.2, -0.15) is 0 Å². The lowest BCUT2D eigenvalue weighted by molar-refractivity contribution is -0.135. The molecule has 30 heavy (non-hydrogen) atoms. The van der Waals surface area contributed by atoms with Crippen LogP contribution < -0.4 is 0 Å². The molecule has 5 nitrogen and oxygen atoms in total. The van der Waals surface area contributed by atoms with Crippen LogP contribution in [0.3, 0.4) is 0 Å². The summed E-state index contributed by atoms with van der Waals surface area (Å²) in [5.41, 5.74) is 2.69. The van der Waals surface area contributed by atoms with E-state index in [1.807, 2.05) is 0 Å². The van der Waals surface area contributed by atoms with Crippen molar-refractivity contribution in [2.24, 2.45) is 0 Å². The Morgan fingerprint density at radius 1 is 0.900 bits per heavy atom. The highest BCUT2D eigenvalue weighted by Crippen LogP contribution is 2.25. The molecular weight excluding hydrogens is 372 g/mol. The van der Waals surface area contributed by atoms with Gasteiger partial charge in [-0.25, -0.2) is 0 Å². The molecule has 2 aliphatic heterocycles. The number of carbonyl (C=O) groups is 1. The molecule has 5 heteroatoms. The summed E-state index contributed by atoms with van der Waals surface area (Å²) in [6, 6.07) is 19.7. The maximum Gasteiger partial charge on any atom is 0.236 e. The standard InChI is InChI=1S/C25H30N4O/c1-20-24-10-5-11-27(24)16-17-29(20)19-25(30)28-14-12-26(13-15-28)18-22-8-4-7-21-6-2-3-9-23(21)22/h2-11,20H,12-19H2,1H3. The van der Waals surface area contributed by atoms with Crippen LogP contribution in [-0.4, -0.2) is 64.4 Å². The van der Waals surface area contributed by atoms with E-state index in [0.717, 1.165) is 45.8 Å². The number of hydrogen-bond acceptors (Lipinski definition) is 3. The van der Waals surface area contributed by atoms with Crippen LogP contribution in [0.15, 0.2) is 60.8 Å². The summed E-state index contributed by atoms with van der Waals surface area (Å²) in [6.45, 7) is 9.11. The topological polar surface area (TPSA) is 31.7 Å². The minimum Gasteiger partial charge on any atom is -0.349 e. The molecule has 0 bridgehead atoms. The lowest BCUT2D eigenvalue weighted by Gasteiger charge is -2.38. The van der Waals surface area contributed by atoms with Gasteiger partial charge in [-0.15, -0.1) is 0 Å². The molecule has 1 amide bonds. The van der Waals surface area contributed by atoms with E-state index in [-0.39, 0.29) is 5.91 Å². The third-order valence-corrected chi connectivity index (χ3v) is 6.81. The Kier molecular flexibility index (Phi) is 5.32. The van der Waals surface area contributed by atoms with Crippen molar-refractivity contribution >= 4 is 16.7 Å².